The molecule has 20 heavy (non-hydrogen) atoms. The van der Waals surface area contributed by atoms with Crippen LogP contribution >= 0.6 is 0 Å². The van der Waals surface area contributed by atoms with Gasteiger partial charge in [0.1, 0.15) is 0 Å². The summed E-state index contributed by atoms with van der Waals surface area (Å²) < 4.78 is 1.30. The predicted molar refractivity (Wildman–Crippen MR) is 71.1 cm³/mol. The molecule has 0 bridgehead atoms. The van der Waals surface area contributed by atoms with E-state index < -0.39 is 6.51 Å². The minimum atomic E-state index is -3.38. The van der Waals surface area contributed by atoms with Crippen molar-refractivity contribution >= 4 is 5.94 Å². The Hall–Kier alpha value is -0.811. The summed E-state index contributed by atoms with van der Waals surface area (Å²) in [4.78, 5) is 20.9. The van der Waals surface area contributed by atoms with Crippen molar-refractivity contribution in [2.75, 3.05) is 0 Å². The van der Waals surface area contributed by atoms with E-state index >= 15 is 0 Å². The second kappa shape index (κ2) is 0.661. The molecule has 100 valence electrons. The number of rotatable bonds is 2. The summed E-state index contributed by atoms with van der Waals surface area (Å²) in [6, 6.07) is 11.6. The molecule has 10 aliphatic rings. The van der Waals surface area contributed by atoms with Crippen molar-refractivity contribution in [1.29, 1.82) is 0 Å². The second-order valence-electron chi connectivity index (χ2n) is 11.5. The molecule has 5 unspecified atom stereocenters. The molecule has 10 fully saturated rings. The van der Waals surface area contributed by atoms with Crippen LogP contribution in [0.25, 0.3) is 0 Å². The first-order valence-corrected chi connectivity index (χ1v) is 14.3. The Morgan fingerprint density at radius 2 is 1.65 bits per heavy atom. The zero-order valence-corrected chi connectivity index (χ0v) is 11.9. The molecule has 0 amide bonds. The molecule has 10 aliphatic heterocycles. The first kappa shape index (κ1) is 7.45. The van der Waals surface area contributed by atoms with Crippen LogP contribution < -0.4 is 0 Å². The molecule has 1 spiro atoms. The minimum absolute atomic E-state index is 0.561. The maximum atomic E-state index is 11.3. The van der Waals surface area contributed by atoms with E-state index in [0.717, 1.165) is 13.9 Å². The van der Waals surface area contributed by atoms with Gasteiger partial charge in [-0.05, 0) is 0 Å². The Bertz CT molecular complexity index is 1290. The van der Waals surface area contributed by atoms with Crippen LogP contribution in [0.1, 0.15) is 5.56 Å². The van der Waals surface area contributed by atoms with Gasteiger partial charge in [0.15, 0.2) is 0 Å². The molecule has 5 atom stereocenters. The molecular weight excluding hydrogens is 288 g/mol. The van der Waals surface area contributed by atoms with Crippen LogP contribution in [0.15, 0.2) is 36.4 Å². The van der Waals surface area contributed by atoms with Crippen molar-refractivity contribution < 1.29 is 11.3 Å². The monoisotopic (exact) mass is 302 g/mol. The molecule has 1 nitrogen and oxygen atoms in total. The van der Waals surface area contributed by atoms with Crippen LogP contribution in [0.5, 0.6) is 0 Å². The van der Waals surface area contributed by atoms with Crippen LogP contribution in [0.2, 0.25) is 42.8 Å². The molecule has 0 radical (unpaired) electrons. The van der Waals surface area contributed by atoms with Crippen molar-refractivity contribution in [1.82, 2.24) is 0 Å². The fourth-order valence-electron chi connectivity index (χ4n) is 18.7. The zero-order chi connectivity index (χ0) is 12.5. The van der Waals surface area contributed by atoms with Gasteiger partial charge in [-0.2, -0.15) is 0 Å². The van der Waals surface area contributed by atoms with E-state index in [1.807, 2.05) is 0 Å². The average molecular weight is 302 g/mol. The number of hydrogen-bond acceptors (Lipinski definition) is 1. The number of allylic oxidation sites excluding steroid dienone is 1. The molecule has 0 saturated carbocycles. The third-order valence-electron chi connectivity index (χ3n) is 16.4. The Morgan fingerprint density at radius 1 is 1.00 bits per heavy atom. The maximum absolute atomic E-state index is 11.3. The van der Waals surface area contributed by atoms with E-state index in [1.54, 1.807) is 5.56 Å². The van der Waals surface area contributed by atoms with E-state index in [2.05, 4.69) is 42.3 Å². The fourth-order valence-corrected chi connectivity index (χ4v) is 94.4. The fraction of sp³-hybridized carbons (Fsp3) is 0.556. The van der Waals surface area contributed by atoms with Crippen molar-refractivity contribution in [3.05, 3.63) is 42.0 Å². The van der Waals surface area contributed by atoms with Gasteiger partial charge >= 0.3 is 106 Å². The summed E-state index contributed by atoms with van der Waals surface area (Å²) in [5.74, 6) is 2.32. The van der Waals surface area contributed by atoms with Gasteiger partial charge in [0.05, 0.1) is 0 Å². The molecule has 10 heterocycles. The first-order chi connectivity index (χ1) is 9.60. The van der Waals surface area contributed by atoms with Gasteiger partial charge in [-0.25, -0.2) is 0 Å². The van der Waals surface area contributed by atoms with Gasteiger partial charge in [-0.3, -0.25) is 0 Å². The van der Waals surface area contributed by atoms with E-state index in [-0.39, 0.29) is 0 Å². The van der Waals surface area contributed by atoms with E-state index in [0.29, 0.717) is 4.31 Å². The summed E-state index contributed by atoms with van der Waals surface area (Å²) in [6.07, 6.45) is 2.15. The predicted octanol–water partition coefficient (Wildman–Crippen LogP) is 4.24. The summed E-state index contributed by atoms with van der Waals surface area (Å²) in [5, 5.41) is 0. The number of fused-ring (bicyclic) bond motifs is 10. The second-order valence-corrected chi connectivity index (χ2v) is 34.7. The van der Waals surface area contributed by atoms with E-state index in [9.17, 15) is 4.79 Å². The SMILES string of the molecule is O=C=C[C]12[CH]3[CH]4[C]5(c6ccccc6)[CH]1[Fe]34251678[CH]2[CH]1[CH]6[CH]7[CH]28. The third-order valence-corrected chi connectivity index (χ3v) is 59.3. The Morgan fingerprint density at radius 3 is 2.15 bits per heavy atom. The van der Waals surface area contributed by atoms with Gasteiger partial charge in [0.2, 0.25) is 0 Å². The summed E-state index contributed by atoms with van der Waals surface area (Å²) in [7, 11) is 0. The Labute approximate surface area is 106 Å². The van der Waals surface area contributed by atoms with Gasteiger partial charge in [-0.1, -0.05) is 0 Å². The van der Waals surface area contributed by atoms with Gasteiger partial charge < -0.3 is 0 Å². The number of carbonyl (C=O) groups excluding carboxylic acids is 1. The van der Waals surface area contributed by atoms with E-state index in [4.69, 9.17) is 0 Å². The standard InChI is InChI=1S/C13H9O.C5H5.Fe/c14-9-8-11-6-7-13(10-11)12-4-2-1-3-5-12;1-2-4-5-3-1;/h1-8,10H;1-5H;. The van der Waals surface area contributed by atoms with Crippen LogP contribution in [-0.4, -0.2) is 5.94 Å². The molecule has 0 aromatic heterocycles. The Balaban J connectivity index is 1.56. The summed E-state index contributed by atoms with van der Waals surface area (Å²) >= 11 is 0. The van der Waals surface area contributed by atoms with Crippen LogP contribution in [0.3, 0.4) is 0 Å². The van der Waals surface area contributed by atoms with Gasteiger partial charge in [0, 0.05) is 0 Å². The summed E-state index contributed by atoms with van der Waals surface area (Å²) in [6.45, 7) is -3.38. The number of hydrogen-bond donors (Lipinski definition) is 0. The molecule has 10 saturated heterocycles. The van der Waals surface area contributed by atoms with Crippen molar-refractivity contribution in [2.24, 2.45) is 0 Å². The molecule has 1 aromatic carbocycles. The summed E-state index contributed by atoms with van der Waals surface area (Å²) in [5.41, 5.74) is 1.74. The molecule has 0 N–H and O–H groups in total. The normalized spacial score (nSPS) is 106. The zero-order valence-electron chi connectivity index (χ0n) is 10.8. The van der Waals surface area contributed by atoms with Crippen molar-refractivity contribution in [3.8, 4) is 0 Å². The topological polar surface area (TPSA) is 17.1 Å². The molecule has 2 heteroatoms. The first-order valence-electron chi connectivity index (χ1n) is 8.08. The van der Waals surface area contributed by atoms with Crippen LogP contribution in [0.4, 0.5) is 0 Å². The van der Waals surface area contributed by atoms with Gasteiger partial charge in [0.25, 0.3) is 0 Å². The average Bonchev–Trinajstić information content (AvgIpc) is 3.42. The van der Waals surface area contributed by atoms with Crippen LogP contribution in [-0.2, 0) is 15.6 Å². The van der Waals surface area contributed by atoms with Crippen LogP contribution in [0, 0.1) is 0 Å². The van der Waals surface area contributed by atoms with Crippen molar-refractivity contribution in [3.63, 3.8) is 0 Å². The molecular formula is C18H14FeO. The Kier molecular flexibility index (Phi) is 0.246. The number of benzene rings is 1. The quantitative estimate of drug-likeness (QED) is 0.590. The van der Waals surface area contributed by atoms with Crippen molar-refractivity contribution in [2.45, 2.75) is 47.2 Å². The molecule has 0 aliphatic carbocycles. The third kappa shape index (κ3) is 0.0762. The van der Waals surface area contributed by atoms with E-state index in [1.165, 1.54) is 28.9 Å². The molecule has 11 rings (SSSR count). The van der Waals surface area contributed by atoms with Gasteiger partial charge in [-0.15, -0.1) is 0 Å². The molecule has 1 aromatic rings.